The Morgan fingerprint density at radius 3 is 2.84 bits per heavy atom. The van der Waals surface area contributed by atoms with E-state index >= 15 is 0 Å². The summed E-state index contributed by atoms with van der Waals surface area (Å²) in [6.45, 7) is 0.726. The highest BCUT2D eigenvalue weighted by molar-refractivity contribution is 5.99. The lowest BCUT2D eigenvalue weighted by atomic mass is 10.1. The summed E-state index contributed by atoms with van der Waals surface area (Å²) in [5, 5.41) is 12.0. The summed E-state index contributed by atoms with van der Waals surface area (Å²) < 4.78 is 5.41. The van der Waals surface area contributed by atoms with E-state index in [-0.39, 0.29) is 23.4 Å². The molecule has 1 saturated carbocycles. The number of aromatic carboxylic acids is 1. The molecule has 0 bridgehead atoms. The molecule has 0 saturated heterocycles. The van der Waals surface area contributed by atoms with E-state index < -0.39 is 5.97 Å². The molecule has 1 fully saturated rings. The van der Waals surface area contributed by atoms with Crippen molar-refractivity contribution in [2.24, 2.45) is 0 Å². The first-order valence-electron chi connectivity index (χ1n) is 6.24. The summed E-state index contributed by atoms with van der Waals surface area (Å²) in [5.41, 5.74) is 0.603. The highest BCUT2D eigenvalue weighted by Crippen LogP contribution is 2.35. The van der Waals surface area contributed by atoms with Crippen molar-refractivity contribution in [3.8, 4) is 5.75 Å². The fourth-order valence-corrected chi connectivity index (χ4v) is 2.11. The van der Waals surface area contributed by atoms with Crippen LogP contribution in [-0.4, -0.2) is 36.3 Å². The highest BCUT2D eigenvalue weighted by atomic mass is 16.5. The van der Waals surface area contributed by atoms with Crippen molar-refractivity contribution in [1.82, 2.24) is 5.32 Å². The van der Waals surface area contributed by atoms with E-state index in [9.17, 15) is 9.59 Å². The van der Waals surface area contributed by atoms with Crippen molar-refractivity contribution in [2.45, 2.75) is 18.9 Å². The van der Waals surface area contributed by atoms with Crippen LogP contribution in [0, 0.1) is 0 Å². The van der Waals surface area contributed by atoms with Crippen molar-refractivity contribution in [3.63, 3.8) is 0 Å². The summed E-state index contributed by atoms with van der Waals surface area (Å²) in [6, 6.07) is 4.88. The summed E-state index contributed by atoms with van der Waals surface area (Å²) in [6.07, 6.45) is 2.02. The highest BCUT2D eigenvalue weighted by Gasteiger charge is 2.31. The molecule has 0 atom stereocenters. The molecule has 0 aromatic heterocycles. The van der Waals surface area contributed by atoms with Gasteiger partial charge in [-0.3, -0.25) is 4.90 Å². The minimum absolute atomic E-state index is 0.0846. The van der Waals surface area contributed by atoms with Gasteiger partial charge >= 0.3 is 12.0 Å². The first-order valence-corrected chi connectivity index (χ1v) is 6.24. The van der Waals surface area contributed by atoms with Crippen LogP contribution in [0.3, 0.4) is 0 Å². The van der Waals surface area contributed by atoms with Crippen molar-refractivity contribution in [3.05, 3.63) is 23.8 Å². The van der Waals surface area contributed by atoms with E-state index in [1.165, 1.54) is 6.07 Å². The largest absolute Gasteiger partial charge is 0.489 e. The number of rotatable bonds is 2. The van der Waals surface area contributed by atoms with Crippen LogP contribution in [0.1, 0.15) is 23.2 Å². The number of hydrogen-bond donors (Lipinski definition) is 2. The maximum absolute atomic E-state index is 12.1. The monoisotopic (exact) mass is 262 g/mol. The molecule has 0 spiro atoms. The normalized spacial score (nSPS) is 17.4. The van der Waals surface area contributed by atoms with Crippen molar-refractivity contribution in [2.75, 3.05) is 18.1 Å². The van der Waals surface area contributed by atoms with Gasteiger partial charge in [0.05, 0.1) is 12.2 Å². The molecule has 100 valence electrons. The number of hydrogen-bond acceptors (Lipinski definition) is 3. The molecule has 1 aromatic rings. The lowest BCUT2D eigenvalue weighted by Crippen LogP contribution is -2.45. The van der Waals surface area contributed by atoms with Gasteiger partial charge in [0.15, 0.2) is 5.75 Å². The molecule has 6 heteroatoms. The van der Waals surface area contributed by atoms with Gasteiger partial charge in [0.25, 0.3) is 0 Å². The molecule has 2 N–H and O–H groups in total. The van der Waals surface area contributed by atoms with Gasteiger partial charge in [0, 0.05) is 6.04 Å². The van der Waals surface area contributed by atoms with Crippen LogP contribution in [0.25, 0.3) is 0 Å². The van der Waals surface area contributed by atoms with Gasteiger partial charge in [-0.2, -0.15) is 0 Å². The maximum atomic E-state index is 12.1. The first kappa shape index (κ1) is 11.8. The Labute approximate surface area is 110 Å². The second-order valence-electron chi connectivity index (χ2n) is 4.68. The summed E-state index contributed by atoms with van der Waals surface area (Å²) in [4.78, 5) is 24.8. The van der Waals surface area contributed by atoms with Crippen molar-refractivity contribution >= 4 is 17.7 Å². The Morgan fingerprint density at radius 1 is 1.37 bits per heavy atom. The van der Waals surface area contributed by atoms with Crippen LogP contribution in [0.4, 0.5) is 10.5 Å². The Bertz CT molecular complexity index is 539. The number of ether oxygens (including phenoxy) is 1. The fourth-order valence-electron chi connectivity index (χ4n) is 2.11. The number of para-hydroxylation sites is 1. The number of amides is 2. The third-order valence-electron chi connectivity index (χ3n) is 3.23. The van der Waals surface area contributed by atoms with Gasteiger partial charge < -0.3 is 15.2 Å². The van der Waals surface area contributed by atoms with E-state index in [0.29, 0.717) is 18.8 Å². The number of carbonyl (C=O) groups is 2. The summed E-state index contributed by atoms with van der Waals surface area (Å²) in [7, 11) is 0. The molecular formula is C13H14N2O4. The number of nitrogens with zero attached hydrogens (tertiary/aromatic N) is 1. The van der Waals surface area contributed by atoms with E-state index in [0.717, 1.165) is 12.8 Å². The average Bonchev–Trinajstić information content (AvgIpc) is 3.21. The van der Waals surface area contributed by atoms with E-state index in [2.05, 4.69) is 5.32 Å². The molecule has 2 amide bonds. The van der Waals surface area contributed by atoms with E-state index in [1.54, 1.807) is 17.0 Å². The smallest absolute Gasteiger partial charge is 0.339 e. The number of carboxylic acids is 1. The zero-order valence-corrected chi connectivity index (χ0v) is 10.3. The zero-order chi connectivity index (χ0) is 13.4. The van der Waals surface area contributed by atoms with Crippen molar-refractivity contribution in [1.29, 1.82) is 0 Å². The lowest BCUT2D eigenvalue weighted by Gasteiger charge is -2.30. The van der Waals surface area contributed by atoms with Gasteiger partial charge in [-0.25, -0.2) is 9.59 Å². The predicted molar refractivity (Wildman–Crippen MR) is 67.8 cm³/mol. The number of fused-ring (bicyclic) bond motifs is 1. The van der Waals surface area contributed by atoms with Gasteiger partial charge in [0.2, 0.25) is 0 Å². The molecule has 6 nitrogen and oxygen atoms in total. The second kappa shape index (κ2) is 4.46. The summed E-state index contributed by atoms with van der Waals surface area (Å²) >= 11 is 0. The number of benzene rings is 1. The van der Waals surface area contributed by atoms with Gasteiger partial charge in [-0.1, -0.05) is 6.07 Å². The molecule has 1 aliphatic heterocycles. The van der Waals surface area contributed by atoms with Crippen LogP contribution >= 0.6 is 0 Å². The molecule has 0 unspecified atom stereocenters. The number of anilines is 1. The fraction of sp³-hybridized carbons (Fsp3) is 0.385. The minimum atomic E-state index is -1.05. The maximum Gasteiger partial charge on any atom is 0.339 e. The number of urea groups is 1. The third-order valence-corrected chi connectivity index (χ3v) is 3.23. The number of nitrogens with one attached hydrogen (secondary N) is 1. The molecule has 1 aromatic carbocycles. The average molecular weight is 262 g/mol. The molecule has 3 rings (SSSR count). The molecule has 19 heavy (non-hydrogen) atoms. The molecule has 1 heterocycles. The standard InChI is InChI=1S/C13H14N2O4/c16-12(17)9-2-1-3-10-11(9)19-7-6-15(10)13(18)14-8-4-5-8/h1-3,8H,4-7H2,(H,14,18)(H,16,17). The quantitative estimate of drug-likeness (QED) is 0.845. The van der Waals surface area contributed by atoms with Gasteiger partial charge in [-0.05, 0) is 25.0 Å². The second-order valence-corrected chi connectivity index (χ2v) is 4.68. The molecular weight excluding hydrogens is 248 g/mol. The van der Waals surface area contributed by atoms with Crippen LogP contribution in [-0.2, 0) is 0 Å². The van der Waals surface area contributed by atoms with Crippen LogP contribution in [0.5, 0.6) is 5.75 Å². The SMILES string of the molecule is O=C(O)c1cccc2c1OCCN2C(=O)NC1CC1. The Morgan fingerprint density at radius 2 is 2.16 bits per heavy atom. The van der Waals surface area contributed by atoms with Crippen LogP contribution < -0.4 is 15.0 Å². The number of carbonyl (C=O) groups excluding carboxylic acids is 1. The Hall–Kier alpha value is -2.24. The van der Waals surface area contributed by atoms with E-state index in [1.807, 2.05) is 0 Å². The third kappa shape index (κ3) is 2.21. The van der Waals surface area contributed by atoms with Crippen LogP contribution in [0.2, 0.25) is 0 Å². The summed E-state index contributed by atoms with van der Waals surface area (Å²) in [5.74, 6) is -0.784. The topological polar surface area (TPSA) is 78.9 Å². The minimum Gasteiger partial charge on any atom is -0.489 e. The first-order chi connectivity index (χ1) is 9.16. The molecule has 2 aliphatic rings. The lowest BCUT2D eigenvalue weighted by molar-refractivity contribution is 0.0692. The Balaban J connectivity index is 1.92. The predicted octanol–water partition coefficient (Wildman–Crippen LogP) is 1.46. The van der Waals surface area contributed by atoms with Gasteiger partial charge in [-0.15, -0.1) is 0 Å². The molecule has 1 aliphatic carbocycles. The Kier molecular flexibility index (Phi) is 2.77. The molecule has 0 radical (unpaired) electrons. The van der Waals surface area contributed by atoms with Crippen LogP contribution in [0.15, 0.2) is 18.2 Å². The van der Waals surface area contributed by atoms with E-state index in [4.69, 9.17) is 9.84 Å². The number of carboxylic acid groups (broad SMARTS) is 1. The zero-order valence-electron chi connectivity index (χ0n) is 10.3. The van der Waals surface area contributed by atoms with Crippen molar-refractivity contribution < 1.29 is 19.4 Å². The van der Waals surface area contributed by atoms with Gasteiger partial charge in [0.1, 0.15) is 12.2 Å².